The topological polar surface area (TPSA) is 0 Å². The van der Waals surface area contributed by atoms with Gasteiger partial charge in [0.15, 0.2) is 0 Å². The van der Waals surface area contributed by atoms with Gasteiger partial charge in [0.05, 0.1) is 0 Å². The molecule has 0 saturated heterocycles. The van der Waals surface area contributed by atoms with E-state index in [0.29, 0.717) is 5.92 Å². The van der Waals surface area contributed by atoms with Crippen LogP contribution in [0, 0.1) is 35.5 Å². The number of hydrogen-bond donors (Lipinski definition) is 0. The molecule has 29 heavy (non-hydrogen) atoms. The van der Waals surface area contributed by atoms with E-state index in [1.54, 1.807) is 0 Å². The Labute approximate surface area is 181 Å². The first-order valence-electron chi connectivity index (χ1n) is 12.9. The molecule has 2 aliphatic carbocycles. The Morgan fingerprint density at radius 3 is 2.00 bits per heavy atom. The Balaban J connectivity index is 1.36. The summed E-state index contributed by atoms with van der Waals surface area (Å²) in [5, 5.41) is 0. The maximum absolute atomic E-state index is 3.60. The molecule has 0 amide bonds. The first-order valence-corrected chi connectivity index (χ1v) is 12.9. The van der Waals surface area contributed by atoms with E-state index < -0.39 is 0 Å². The quantitative estimate of drug-likeness (QED) is 0.307. The highest BCUT2D eigenvalue weighted by Gasteiger charge is 2.30. The van der Waals surface area contributed by atoms with Gasteiger partial charge in [0.2, 0.25) is 0 Å². The minimum Gasteiger partial charge on any atom is -0.0945 e. The van der Waals surface area contributed by atoms with Gasteiger partial charge in [-0.15, -0.1) is 0 Å². The summed E-state index contributed by atoms with van der Waals surface area (Å²) in [6, 6.07) is 8.93. The smallest absolute Gasteiger partial charge is 0.0245 e. The third-order valence-electron chi connectivity index (χ3n) is 7.71. The summed E-state index contributed by atoms with van der Waals surface area (Å²) >= 11 is 0. The number of hydrogen-bond acceptors (Lipinski definition) is 0. The molecule has 1 aromatic rings. The fourth-order valence-corrected chi connectivity index (χ4v) is 5.77. The Bertz CT molecular complexity index is 612. The van der Waals surface area contributed by atoms with Crippen LogP contribution in [-0.4, -0.2) is 0 Å². The van der Waals surface area contributed by atoms with Crippen molar-refractivity contribution in [2.75, 3.05) is 0 Å². The Hall–Kier alpha value is -1.22. The van der Waals surface area contributed by atoms with Gasteiger partial charge in [0.25, 0.3) is 0 Å². The van der Waals surface area contributed by atoms with E-state index in [1.165, 1.54) is 107 Å². The lowest BCUT2D eigenvalue weighted by atomic mass is 9.69. The highest BCUT2D eigenvalue weighted by Crippen LogP contribution is 2.42. The molecule has 3 rings (SSSR count). The van der Waals surface area contributed by atoms with Crippen LogP contribution in [0.3, 0.4) is 0 Å². The first kappa shape index (κ1) is 22.5. The maximum Gasteiger partial charge on any atom is 0.0245 e. The van der Waals surface area contributed by atoms with Gasteiger partial charge < -0.3 is 0 Å². The third kappa shape index (κ3) is 7.51. The van der Waals surface area contributed by atoms with Crippen molar-refractivity contribution < 1.29 is 0 Å². The van der Waals surface area contributed by atoms with Crippen LogP contribution in [0.5, 0.6) is 0 Å². The molecule has 0 aromatic heterocycles. The number of rotatable bonds is 8. The van der Waals surface area contributed by atoms with Crippen LogP contribution in [0.15, 0.2) is 24.3 Å². The van der Waals surface area contributed by atoms with Crippen molar-refractivity contribution in [1.29, 1.82) is 0 Å². The first-order chi connectivity index (χ1) is 14.3. The third-order valence-corrected chi connectivity index (χ3v) is 7.71. The Kier molecular flexibility index (Phi) is 9.66. The molecular weight excluding hydrogens is 348 g/mol. The summed E-state index contributed by atoms with van der Waals surface area (Å²) in [6.07, 6.45) is 21.3. The molecule has 2 fully saturated rings. The fraction of sp³-hybridized carbons (Fsp3) is 0.724. The summed E-state index contributed by atoms with van der Waals surface area (Å²) in [5.41, 5.74) is 2.64. The predicted molar refractivity (Wildman–Crippen MR) is 127 cm³/mol. The molecule has 0 N–H and O–H groups in total. The molecule has 1 aromatic carbocycles. The SMILES string of the molecule is CCCCCC[C@H]1CC[C@H]([C@H]2CC[C@H](C#Cc3ccc(CCC)cc3)CC2)CC1. The van der Waals surface area contributed by atoms with E-state index in [1.807, 2.05) is 0 Å². The van der Waals surface area contributed by atoms with Gasteiger partial charge in [-0.3, -0.25) is 0 Å². The van der Waals surface area contributed by atoms with E-state index in [9.17, 15) is 0 Å². The summed E-state index contributed by atoms with van der Waals surface area (Å²) in [7, 11) is 0. The maximum atomic E-state index is 3.60. The van der Waals surface area contributed by atoms with Crippen molar-refractivity contribution in [2.24, 2.45) is 23.7 Å². The van der Waals surface area contributed by atoms with Gasteiger partial charge >= 0.3 is 0 Å². The molecule has 0 heteroatoms. The van der Waals surface area contributed by atoms with Crippen molar-refractivity contribution in [2.45, 2.75) is 110 Å². The second-order valence-corrected chi connectivity index (χ2v) is 9.96. The minimum atomic E-state index is 0.636. The number of aryl methyl sites for hydroxylation is 1. The van der Waals surface area contributed by atoms with Crippen molar-refractivity contribution in [3.63, 3.8) is 0 Å². The minimum absolute atomic E-state index is 0.636. The molecule has 2 aliphatic rings. The standard InChI is InChI=1S/C29H44/c1-3-5-6-7-9-25-16-20-28(21-17-25)29-22-18-27(19-23-29)15-14-26-12-10-24(8-4-2)11-13-26/h10-13,25,27-29H,3-9,16-23H2,1-2H3/t25-,27-,28-,29-. The average Bonchev–Trinajstić information content (AvgIpc) is 2.77. The molecule has 0 spiro atoms. The second-order valence-electron chi connectivity index (χ2n) is 9.96. The van der Waals surface area contributed by atoms with Gasteiger partial charge in [-0.1, -0.05) is 89.2 Å². The van der Waals surface area contributed by atoms with Gasteiger partial charge in [0.1, 0.15) is 0 Å². The zero-order chi connectivity index (χ0) is 20.3. The molecule has 160 valence electrons. The number of unbranched alkanes of at least 4 members (excludes halogenated alkanes) is 3. The molecule has 0 unspecified atom stereocenters. The van der Waals surface area contributed by atoms with Crippen LogP contribution in [0.25, 0.3) is 0 Å². The fourth-order valence-electron chi connectivity index (χ4n) is 5.77. The zero-order valence-corrected chi connectivity index (χ0v) is 19.2. The average molecular weight is 393 g/mol. The van der Waals surface area contributed by atoms with Gasteiger partial charge in [0, 0.05) is 11.5 Å². The zero-order valence-electron chi connectivity index (χ0n) is 19.2. The molecule has 0 aliphatic heterocycles. The highest BCUT2D eigenvalue weighted by molar-refractivity contribution is 5.36. The van der Waals surface area contributed by atoms with Crippen LogP contribution < -0.4 is 0 Å². The van der Waals surface area contributed by atoms with Crippen LogP contribution in [0.1, 0.15) is 115 Å². The second kappa shape index (κ2) is 12.5. The normalized spacial score (nSPS) is 27.2. The van der Waals surface area contributed by atoms with E-state index in [4.69, 9.17) is 0 Å². The summed E-state index contributed by atoms with van der Waals surface area (Å²) < 4.78 is 0. The Morgan fingerprint density at radius 2 is 1.38 bits per heavy atom. The van der Waals surface area contributed by atoms with Crippen molar-refractivity contribution in [3.8, 4) is 11.8 Å². The van der Waals surface area contributed by atoms with E-state index in [0.717, 1.165) is 17.8 Å². The van der Waals surface area contributed by atoms with E-state index in [-0.39, 0.29) is 0 Å². The molecule has 0 nitrogen and oxygen atoms in total. The molecule has 0 radical (unpaired) electrons. The van der Waals surface area contributed by atoms with Gasteiger partial charge in [-0.2, -0.15) is 0 Å². The lowest BCUT2D eigenvalue weighted by Crippen LogP contribution is -2.25. The van der Waals surface area contributed by atoms with Crippen LogP contribution >= 0.6 is 0 Å². The predicted octanol–water partition coefficient (Wildman–Crippen LogP) is 8.57. The summed E-state index contributed by atoms with van der Waals surface area (Å²) in [6.45, 7) is 4.56. The lowest BCUT2D eigenvalue weighted by molar-refractivity contribution is 0.153. The largest absolute Gasteiger partial charge is 0.0945 e. The van der Waals surface area contributed by atoms with Crippen LogP contribution in [0.2, 0.25) is 0 Å². The van der Waals surface area contributed by atoms with Crippen molar-refractivity contribution in [1.82, 2.24) is 0 Å². The van der Waals surface area contributed by atoms with Crippen molar-refractivity contribution >= 4 is 0 Å². The summed E-state index contributed by atoms with van der Waals surface area (Å²) in [4.78, 5) is 0. The molecule has 2 saturated carbocycles. The monoisotopic (exact) mass is 392 g/mol. The number of benzene rings is 1. The highest BCUT2D eigenvalue weighted by atomic mass is 14.3. The molecule has 0 atom stereocenters. The van der Waals surface area contributed by atoms with Gasteiger partial charge in [-0.25, -0.2) is 0 Å². The Morgan fingerprint density at radius 1 is 0.724 bits per heavy atom. The van der Waals surface area contributed by atoms with Gasteiger partial charge in [-0.05, 0) is 80.4 Å². The molecular formula is C29H44. The van der Waals surface area contributed by atoms with Crippen LogP contribution in [0.4, 0.5) is 0 Å². The molecule has 0 bridgehead atoms. The molecule has 0 heterocycles. The van der Waals surface area contributed by atoms with E-state index in [2.05, 4.69) is 50.0 Å². The summed E-state index contributed by atoms with van der Waals surface area (Å²) in [5.74, 6) is 10.8. The van der Waals surface area contributed by atoms with E-state index >= 15 is 0 Å². The van der Waals surface area contributed by atoms with Crippen LogP contribution in [-0.2, 0) is 6.42 Å². The lowest BCUT2D eigenvalue weighted by Gasteiger charge is -2.37. The van der Waals surface area contributed by atoms with Crippen molar-refractivity contribution in [3.05, 3.63) is 35.4 Å².